The van der Waals surface area contributed by atoms with E-state index in [1.54, 1.807) is 0 Å². The number of amides is 1. The molecule has 0 atom stereocenters. The quantitative estimate of drug-likeness (QED) is 0.858. The number of primary amides is 1. The van der Waals surface area contributed by atoms with E-state index in [0.717, 1.165) is 12.7 Å². The molecule has 4 nitrogen and oxygen atoms in total. The number of carbonyl (C=O) groups is 1. The SMILES string of the molecule is CCCc1cc(S(C)(=O)=O)ccc1C(N)=O. The van der Waals surface area contributed by atoms with Gasteiger partial charge in [-0.25, -0.2) is 8.42 Å². The maximum Gasteiger partial charge on any atom is 0.248 e. The number of rotatable bonds is 4. The van der Waals surface area contributed by atoms with Crippen molar-refractivity contribution in [3.05, 3.63) is 29.3 Å². The zero-order valence-electron chi connectivity index (χ0n) is 9.36. The minimum atomic E-state index is -3.24. The highest BCUT2D eigenvalue weighted by Gasteiger charge is 2.13. The number of hydrogen-bond acceptors (Lipinski definition) is 3. The van der Waals surface area contributed by atoms with E-state index >= 15 is 0 Å². The van der Waals surface area contributed by atoms with Gasteiger partial charge >= 0.3 is 0 Å². The lowest BCUT2D eigenvalue weighted by molar-refractivity contribution is 0.0999. The largest absolute Gasteiger partial charge is 0.366 e. The fraction of sp³-hybridized carbons (Fsp3) is 0.364. The summed E-state index contributed by atoms with van der Waals surface area (Å²) in [5.41, 5.74) is 6.31. The Balaban J connectivity index is 3.33. The first-order chi connectivity index (χ1) is 7.36. The standard InChI is InChI=1S/C11H15NO3S/c1-3-4-8-7-9(16(2,14)15)5-6-10(8)11(12)13/h5-7H,3-4H2,1-2H3,(H2,12,13). The molecule has 0 saturated carbocycles. The van der Waals surface area contributed by atoms with Crippen molar-refractivity contribution in [2.75, 3.05) is 6.26 Å². The van der Waals surface area contributed by atoms with Crippen LogP contribution in [0.2, 0.25) is 0 Å². The van der Waals surface area contributed by atoms with Gasteiger partial charge < -0.3 is 5.73 Å². The molecule has 5 heteroatoms. The van der Waals surface area contributed by atoms with E-state index in [1.807, 2.05) is 6.92 Å². The number of aryl methyl sites for hydroxylation is 1. The van der Waals surface area contributed by atoms with Gasteiger partial charge in [0.25, 0.3) is 0 Å². The second kappa shape index (κ2) is 4.65. The highest BCUT2D eigenvalue weighted by molar-refractivity contribution is 7.90. The second-order valence-corrected chi connectivity index (χ2v) is 5.72. The average Bonchev–Trinajstić information content (AvgIpc) is 2.16. The van der Waals surface area contributed by atoms with Crippen molar-refractivity contribution < 1.29 is 13.2 Å². The monoisotopic (exact) mass is 241 g/mol. The molecule has 0 heterocycles. The van der Waals surface area contributed by atoms with Crippen LogP contribution in [0.5, 0.6) is 0 Å². The Hall–Kier alpha value is -1.36. The molecule has 16 heavy (non-hydrogen) atoms. The van der Waals surface area contributed by atoms with Gasteiger partial charge in [0.05, 0.1) is 4.90 Å². The van der Waals surface area contributed by atoms with Gasteiger partial charge in [0.2, 0.25) is 5.91 Å². The van der Waals surface area contributed by atoms with Crippen LogP contribution in [0.15, 0.2) is 23.1 Å². The molecular weight excluding hydrogens is 226 g/mol. The molecule has 0 aliphatic rings. The van der Waals surface area contributed by atoms with E-state index in [2.05, 4.69) is 0 Å². The Bertz CT molecular complexity index is 506. The molecule has 2 N–H and O–H groups in total. The van der Waals surface area contributed by atoms with Crippen molar-refractivity contribution >= 4 is 15.7 Å². The molecule has 0 aromatic heterocycles. The van der Waals surface area contributed by atoms with E-state index in [4.69, 9.17) is 5.73 Å². The third-order valence-corrected chi connectivity index (χ3v) is 3.40. The highest BCUT2D eigenvalue weighted by Crippen LogP contribution is 2.17. The summed E-state index contributed by atoms with van der Waals surface area (Å²) in [6.07, 6.45) is 2.61. The third-order valence-electron chi connectivity index (χ3n) is 2.29. The summed E-state index contributed by atoms with van der Waals surface area (Å²) < 4.78 is 22.7. The summed E-state index contributed by atoms with van der Waals surface area (Å²) in [6.45, 7) is 1.96. The minimum Gasteiger partial charge on any atom is -0.366 e. The van der Waals surface area contributed by atoms with Crippen LogP contribution in [0.1, 0.15) is 29.3 Å². The predicted molar refractivity (Wildman–Crippen MR) is 62.1 cm³/mol. The van der Waals surface area contributed by atoms with Gasteiger partial charge in [-0.1, -0.05) is 13.3 Å². The van der Waals surface area contributed by atoms with Gasteiger partial charge in [-0.3, -0.25) is 4.79 Å². The van der Waals surface area contributed by atoms with Crippen LogP contribution in [0, 0.1) is 0 Å². The van der Waals surface area contributed by atoms with E-state index < -0.39 is 15.7 Å². The normalized spacial score (nSPS) is 11.4. The topological polar surface area (TPSA) is 77.2 Å². The molecule has 0 bridgehead atoms. The molecule has 1 aromatic rings. The van der Waals surface area contributed by atoms with Crippen molar-refractivity contribution in [1.29, 1.82) is 0 Å². The molecule has 0 radical (unpaired) electrons. The lowest BCUT2D eigenvalue weighted by atomic mass is 10.0. The summed E-state index contributed by atoms with van der Waals surface area (Å²) in [6, 6.07) is 4.41. The molecule has 1 rings (SSSR count). The van der Waals surface area contributed by atoms with Gasteiger partial charge in [-0.2, -0.15) is 0 Å². The number of hydrogen-bond donors (Lipinski definition) is 1. The fourth-order valence-electron chi connectivity index (χ4n) is 1.52. The molecule has 0 aliphatic heterocycles. The summed E-state index contributed by atoms with van der Waals surface area (Å²) in [4.78, 5) is 11.4. The van der Waals surface area contributed by atoms with Crippen LogP contribution in [0.3, 0.4) is 0 Å². The summed E-state index contributed by atoms with van der Waals surface area (Å²) in [7, 11) is -3.24. The van der Waals surface area contributed by atoms with Gasteiger partial charge in [-0.05, 0) is 30.2 Å². The molecule has 88 valence electrons. The van der Waals surface area contributed by atoms with E-state index in [0.29, 0.717) is 17.5 Å². The summed E-state index contributed by atoms with van der Waals surface area (Å²) in [5.74, 6) is -0.525. The van der Waals surface area contributed by atoms with E-state index in [9.17, 15) is 13.2 Å². The Kier molecular flexibility index (Phi) is 3.70. The second-order valence-electron chi connectivity index (χ2n) is 3.71. The molecule has 0 fully saturated rings. The maximum absolute atomic E-state index is 11.4. The maximum atomic E-state index is 11.4. The summed E-state index contributed by atoms with van der Waals surface area (Å²) >= 11 is 0. The van der Waals surface area contributed by atoms with Crippen molar-refractivity contribution in [2.45, 2.75) is 24.7 Å². The molecule has 1 aromatic carbocycles. The molecule has 0 unspecified atom stereocenters. The van der Waals surface area contributed by atoms with Gasteiger partial charge in [0.15, 0.2) is 9.84 Å². The van der Waals surface area contributed by atoms with Gasteiger partial charge in [-0.15, -0.1) is 0 Å². The molecule has 0 saturated heterocycles. The smallest absolute Gasteiger partial charge is 0.248 e. The van der Waals surface area contributed by atoms with Crippen molar-refractivity contribution in [2.24, 2.45) is 5.73 Å². The van der Waals surface area contributed by atoms with E-state index in [-0.39, 0.29) is 4.90 Å². The number of nitrogens with two attached hydrogens (primary N) is 1. The Morgan fingerprint density at radius 2 is 2.00 bits per heavy atom. The van der Waals surface area contributed by atoms with Gasteiger partial charge in [0.1, 0.15) is 0 Å². The first-order valence-electron chi connectivity index (χ1n) is 4.99. The first-order valence-corrected chi connectivity index (χ1v) is 6.88. The zero-order chi connectivity index (χ0) is 12.3. The van der Waals surface area contributed by atoms with Crippen molar-refractivity contribution in [3.8, 4) is 0 Å². The highest BCUT2D eigenvalue weighted by atomic mass is 32.2. The first kappa shape index (κ1) is 12.7. The summed E-state index contributed by atoms with van der Waals surface area (Å²) in [5, 5.41) is 0. The van der Waals surface area contributed by atoms with Crippen LogP contribution in [-0.4, -0.2) is 20.6 Å². The lowest BCUT2D eigenvalue weighted by Gasteiger charge is -2.07. The Labute approximate surface area is 95.4 Å². The Morgan fingerprint density at radius 1 is 1.38 bits per heavy atom. The molecule has 1 amide bonds. The Morgan fingerprint density at radius 3 is 2.44 bits per heavy atom. The number of carbonyl (C=O) groups excluding carboxylic acids is 1. The average molecular weight is 241 g/mol. The molecule has 0 spiro atoms. The molecular formula is C11H15NO3S. The minimum absolute atomic E-state index is 0.223. The van der Waals surface area contributed by atoms with E-state index in [1.165, 1.54) is 18.2 Å². The fourth-order valence-corrected chi connectivity index (χ4v) is 2.19. The zero-order valence-corrected chi connectivity index (χ0v) is 10.2. The van der Waals surface area contributed by atoms with Crippen LogP contribution >= 0.6 is 0 Å². The van der Waals surface area contributed by atoms with Crippen LogP contribution in [0.25, 0.3) is 0 Å². The van der Waals surface area contributed by atoms with Crippen LogP contribution < -0.4 is 5.73 Å². The molecule has 0 aliphatic carbocycles. The van der Waals surface area contributed by atoms with Crippen LogP contribution in [0.4, 0.5) is 0 Å². The van der Waals surface area contributed by atoms with Crippen molar-refractivity contribution in [3.63, 3.8) is 0 Å². The van der Waals surface area contributed by atoms with Gasteiger partial charge in [0, 0.05) is 11.8 Å². The lowest BCUT2D eigenvalue weighted by Crippen LogP contribution is -2.14. The predicted octanol–water partition coefficient (Wildman–Crippen LogP) is 1.14. The number of benzene rings is 1. The van der Waals surface area contributed by atoms with Crippen LogP contribution in [-0.2, 0) is 16.3 Å². The van der Waals surface area contributed by atoms with Crippen molar-refractivity contribution in [1.82, 2.24) is 0 Å². The number of sulfone groups is 1. The third kappa shape index (κ3) is 2.82.